The number of carbonyl (C=O) groups is 1. The molecular weight excluding hydrogens is 385 g/mol. The quantitative estimate of drug-likeness (QED) is 0.620. The molecule has 0 saturated heterocycles. The number of amides is 1. The van der Waals surface area contributed by atoms with Gasteiger partial charge in [0.25, 0.3) is 11.5 Å². The summed E-state index contributed by atoms with van der Waals surface area (Å²) in [5.41, 5.74) is 2.16. The van der Waals surface area contributed by atoms with E-state index >= 15 is 0 Å². The minimum Gasteiger partial charge on any atom is -0.481 e. The minimum atomic E-state index is -0.673. The van der Waals surface area contributed by atoms with Crippen LogP contribution in [0.3, 0.4) is 0 Å². The highest BCUT2D eigenvalue weighted by Gasteiger charge is 2.14. The van der Waals surface area contributed by atoms with Gasteiger partial charge >= 0.3 is 0 Å². The van der Waals surface area contributed by atoms with Crippen LogP contribution >= 0.6 is 0 Å². The molecule has 0 bridgehead atoms. The van der Waals surface area contributed by atoms with E-state index in [9.17, 15) is 14.0 Å². The van der Waals surface area contributed by atoms with Gasteiger partial charge in [-0.05, 0) is 61.4 Å². The van der Waals surface area contributed by atoms with Gasteiger partial charge in [-0.15, -0.1) is 0 Å². The molecule has 1 amide bonds. The molecule has 1 unspecified atom stereocenters. The zero-order valence-electron chi connectivity index (χ0n) is 17.0. The van der Waals surface area contributed by atoms with E-state index in [2.05, 4.69) is 17.3 Å². The highest BCUT2D eigenvalue weighted by molar-refractivity contribution is 5.80. The second kappa shape index (κ2) is 9.82. The van der Waals surface area contributed by atoms with E-state index in [-0.39, 0.29) is 30.4 Å². The van der Waals surface area contributed by atoms with Crippen LogP contribution in [0.4, 0.5) is 4.39 Å². The topological polar surface area (TPSA) is 73.2 Å². The molecule has 3 aromatic rings. The number of benzene rings is 2. The molecule has 2 aromatic carbocycles. The summed E-state index contributed by atoms with van der Waals surface area (Å²) in [7, 11) is 0. The van der Waals surface area contributed by atoms with Crippen molar-refractivity contribution in [2.75, 3.05) is 6.54 Å². The van der Waals surface area contributed by atoms with Crippen LogP contribution in [0.5, 0.6) is 5.75 Å². The van der Waals surface area contributed by atoms with Crippen LogP contribution in [0, 0.1) is 5.82 Å². The average molecular weight is 409 g/mol. The van der Waals surface area contributed by atoms with Gasteiger partial charge in [0.1, 0.15) is 11.6 Å². The molecule has 0 aliphatic carbocycles. The second-order valence-corrected chi connectivity index (χ2v) is 6.84. The maximum absolute atomic E-state index is 13.1. The Morgan fingerprint density at radius 2 is 1.80 bits per heavy atom. The number of aryl methyl sites for hydroxylation is 1. The summed E-state index contributed by atoms with van der Waals surface area (Å²) >= 11 is 0. The third-order valence-corrected chi connectivity index (χ3v) is 4.64. The van der Waals surface area contributed by atoms with Crippen molar-refractivity contribution < 1.29 is 13.9 Å². The molecule has 0 radical (unpaired) electrons. The molecule has 1 aromatic heterocycles. The Bertz CT molecular complexity index is 1050. The summed E-state index contributed by atoms with van der Waals surface area (Å²) in [6, 6.07) is 16.5. The van der Waals surface area contributed by atoms with Crippen molar-refractivity contribution in [3.8, 4) is 17.0 Å². The molecule has 1 atom stereocenters. The first-order valence-electron chi connectivity index (χ1n) is 9.83. The summed E-state index contributed by atoms with van der Waals surface area (Å²) in [4.78, 5) is 24.3. The lowest BCUT2D eigenvalue weighted by Crippen LogP contribution is -2.39. The normalized spacial score (nSPS) is 11.7. The van der Waals surface area contributed by atoms with Gasteiger partial charge in [0.05, 0.1) is 12.2 Å². The average Bonchev–Trinajstić information content (AvgIpc) is 2.76. The maximum Gasteiger partial charge on any atom is 0.266 e. The maximum atomic E-state index is 13.1. The Morgan fingerprint density at radius 1 is 1.10 bits per heavy atom. The summed E-state index contributed by atoms with van der Waals surface area (Å²) in [6.07, 6.45) is 0.263. The van der Waals surface area contributed by atoms with Gasteiger partial charge < -0.3 is 10.1 Å². The number of nitrogens with one attached hydrogen (secondary N) is 1. The molecule has 1 N–H and O–H groups in total. The van der Waals surface area contributed by atoms with Gasteiger partial charge in [-0.2, -0.15) is 5.10 Å². The fourth-order valence-electron chi connectivity index (χ4n) is 2.87. The lowest BCUT2D eigenvalue weighted by atomic mass is 10.1. The number of nitrogens with zero attached hydrogens (tertiary/aromatic N) is 2. The highest BCUT2D eigenvalue weighted by Crippen LogP contribution is 2.16. The third kappa shape index (κ3) is 5.53. The number of carbonyl (C=O) groups excluding carboxylic acids is 1. The molecule has 7 heteroatoms. The Labute approximate surface area is 174 Å². The SMILES string of the molecule is CCc1ccc(OC(C)C(=O)NCCn2nc(-c3ccc(F)cc3)ccc2=O)cc1. The van der Waals surface area contributed by atoms with E-state index in [1.807, 2.05) is 24.3 Å². The highest BCUT2D eigenvalue weighted by atomic mass is 19.1. The van der Waals surface area contributed by atoms with Crippen molar-refractivity contribution in [3.63, 3.8) is 0 Å². The molecule has 1 heterocycles. The smallest absolute Gasteiger partial charge is 0.266 e. The fourth-order valence-corrected chi connectivity index (χ4v) is 2.87. The Morgan fingerprint density at radius 3 is 2.47 bits per heavy atom. The first-order chi connectivity index (χ1) is 14.5. The number of hydrogen-bond acceptors (Lipinski definition) is 4. The zero-order chi connectivity index (χ0) is 21.5. The van der Waals surface area contributed by atoms with Gasteiger partial charge in [-0.3, -0.25) is 9.59 Å². The van der Waals surface area contributed by atoms with Gasteiger partial charge in [0.15, 0.2) is 6.10 Å². The predicted molar refractivity (Wildman–Crippen MR) is 113 cm³/mol. The van der Waals surface area contributed by atoms with Crippen LogP contribution in [-0.4, -0.2) is 28.3 Å². The van der Waals surface area contributed by atoms with E-state index in [4.69, 9.17) is 4.74 Å². The van der Waals surface area contributed by atoms with Gasteiger partial charge in [-0.25, -0.2) is 9.07 Å². The van der Waals surface area contributed by atoms with Crippen molar-refractivity contribution in [2.45, 2.75) is 32.9 Å². The molecule has 3 rings (SSSR count). The van der Waals surface area contributed by atoms with Crippen LogP contribution in [0.2, 0.25) is 0 Å². The predicted octanol–water partition coefficient (Wildman–Crippen LogP) is 3.20. The third-order valence-electron chi connectivity index (χ3n) is 4.64. The van der Waals surface area contributed by atoms with Crippen LogP contribution in [0.1, 0.15) is 19.4 Å². The lowest BCUT2D eigenvalue weighted by molar-refractivity contribution is -0.127. The van der Waals surface area contributed by atoms with Crippen LogP contribution in [0.25, 0.3) is 11.3 Å². The fraction of sp³-hybridized carbons (Fsp3) is 0.261. The molecular formula is C23H24FN3O3. The Hall–Kier alpha value is -3.48. The molecule has 0 aliphatic heterocycles. The minimum absolute atomic E-state index is 0.206. The molecule has 0 spiro atoms. The zero-order valence-corrected chi connectivity index (χ0v) is 17.0. The standard InChI is InChI=1S/C23H24FN3O3/c1-3-17-4-10-20(11-5-17)30-16(2)23(29)25-14-15-27-22(28)13-12-21(26-27)18-6-8-19(24)9-7-18/h4-13,16H,3,14-15H2,1-2H3,(H,25,29). The van der Waals surface area contributed by atoms with E-state index < -0.39 is 6.10 Å². The van der Waals surface area contributed by atoms with Crippen LogP contribution in [-0.2, 0) is 17.8 Å². The lowest BCUT2D eigenvalue weighted by Gasteiger charge is -2.15. The van der Waals surface area contributed by atoms with E-state index in [1.54, 1.807) is 25.1 Å². The van der Waals surface area contributed by atoms with Crippen molar-refractivity contribution in [1.29, 1.82) is 0 Å². The monoisotopic (exact) mass is 409 g/mol. The summed E-state index contributed by atoms with van der Waals surface area (Å²) in [5, 5.41) is 7.05. The first kappa shape index (κ1) is 21.2. The van der Waals surface area contributed by atoms with Crippen molar-refractivity contribution in [2.24, 2.45) is 0 Å². The van der Waals surface area contributed by atoms with E-state index in [0.717, 1.165) is 6.42 Å². The first-order valence-corrected chi connectivity index (χ1v) is 9.83. The number of hydrogen-bond donors (Lipinski definition) is 1. The molecule has 0 saturated carbocycles. The summed E-state index contributed by atoms with van der Waals surface area (Å²) in [5.74, 6) is 0.00414. The van der Waals surface area contributed by atoms with E-state index in [1.165, 1.54) is 28.4 Å². The van der Waals surface area contributed by atoms with Gasteiger partial charge in [-0.1, -0.05) is 19.1 Å². The molecule has 30 heavy (non-hydrogen) atoms. The van der Waals surface area contributed by atoms with Crippen molar-refractivity contribution in [1.82, 2.24) is 15.1 Å². The molecule has 156 valence electrons. The van der Waals surface area contributed by atoms with E-state index in [0.29, 0.717) is 17.0 Å². The summed E-state index contributed by atoms with van der Waals surface area (Å²) in [6.45, 7) is 4.17. The number of aromatic nitrogens is 2. The van der Waals surface area contributed by atoms with Crippen LogP contribution in [0.15, 0.2) is 65.5 Å². The van der Waals surface area contributed by atoms with Crippen molar-refractivity contribution >= 4 is 5.91 Å². The Balaban J connectivity index is 1.56. The van der Waals surface area contributed by atoms with Gasteiger partial charge in [0, 0.05) is 18.2 Å². The van der Waals surface area contributed by atoms with Gasteiger partial charge in [0.2, 0.25) is 0 Å². The second-order valence-electron chi connectivity index (χ2n) is 6.84. The van der Waals surface area contributed by atoms with Crippen LogP contribution < -0.4 is 15.6 Å². The Kier molecular flexibility index (Phi) is 6.95. The molecule has 6 nitrogen and oxygen atoms in total. The summed E-state index contributed by atoms with van der Waals surface area (Å²) < 4.78 is 20.0. The number of ether oxygens (including phenoxy) is 1. The molecule has 0 fully saturated rings. The molecule has 0 aliphatic rings. The largest absolute Gasteiger partial charge is 0.481 e. The number of rotatable bonds is 8. The number of halogens is 1. The van der Waals surface area contributed by atoms with Crippen molar-refractivity contribution in [3.05, 3.63) is 82.4 Å².